The van der Waals surface area contributed by atoms with Crippen molar-refractivity contribution in [3.8, 4) is 0 Å². The lowest BCUT2D eigenvalue weighted by Gasteiger charge is -2.12. The van der Waals surface area contributed by atoms with E-state index in [1.54, 1.807) is 11.3 Å². The van der Waals surface area contributed by atoms with Crippen LogP contribution in [-0.4, -0.2) is 21.1 Å². The van der Waals surface area contributed by atoms with Crippen LogP contribution in [0.1, 0.15) is 35.8 Å². The Labute approximate surface area is 165 Å². The number of thioether (sulfide) groups is 1. The Bertz CT molecular complexity index is 1070. The van der Waals surface area contributed by atoms with Gasteiger partial charge in [0.15, 0.2) is 5.16 Å². The summed E-state index contributed by atoms with van der Waals surface area (Å²) in [5.41, 5.74) is 2.95. The molecule has 4 rings (SSSR count). The highest BCUT2D eigenvalue weighted by Crippen LogP contribution is 2.34. The number of amides is 1. The summed E-state index contributed by atoms with van der Waals surface area (Å²) >= 11 is 2.90. The molecule has 1 amide bonds. The highest BCUT2D eigenvalue weighted by Gasteiger charge is 2.21. The van der Waals surface area contributed by atoms with Gasteiger partial charge in [-0.1, -0.05) is 23.9 Å². The fraction of sp³-hybridized carbons (Fsp3) is 0.350. The number of aromatic amines is 1. The maximum atomic E-state index is 12.6. The average Bonchev–Trinajstić information content (AvgIpc) is 3.00. The number of fused-ring (bicyclic) bond motifs is 3. The van der Waals surface area contributed by atoms with E-state index in [9.17, 15) is 9.59 Å². The predicted octanol–water partition coefficient (Wildman–Crippen LogP) is 4.29. The van der Waals surface area contributed by atoms with Crippen LogP contribution in [0, 0.1) is 6.92 Å². The van der Waals surface area contributed by atoms with Crippen molar-refractivity contribution in [3.05, 3.63) is 50.6 Å². The van der Waals surface area contributed by atoms with Gasteiger partial charge in [-0.25, -0.2) is 4.98 Å². The number of rotatable bonds is 4. The van der Waals surface area contributed by atoms with Crippen molar-refractivity contribution in [2.24, 2.45) is 0 Å². The summed E-state index contributed by atoms with van der Waals surface area (Å²) in [4.78, 5) is 34.7. The van der Waals surface area contributed by atoms with E-state index >= 15 is 0 Å². The fourth-order valence-corrected chi connectivity index (χ4v) is 5.50. The van der Waals surface area contributed by atoms with Crippen LogP contribution in [0.2, 0.25) is 0 Å². The van der Waals surface area contributed by atoms with E-state index in [1.165, 1.54) is 28.6 Å². The first-order valence-corrected chi connectivity index (χ1v) is 10.8. The van der Waals surface area contributed by atoms with E-state index in [0.717, 1.165) is 40.7 Å². The molecule has 1 aromatic carbocycles. The summed E-state index contributed by atoms with van der Waals surface area (Å²) in [7, 11) is 0. The van der Waals surface area contributed by atoms with Gasteiger partial charge in [-0.3, -0.25) is 9.59 Å². The minimum absolute atomic E-state index is 0.0896. The first-order valence-electron chi connectivity index (χ1n) is 9.10. The SMILES string of the molecule is Cc1cccc(NC(=O)[C@@H](C)Sc2nc3sc4c(c3c(=O)[nH]2)CCCC4)c1. The van der Waals surface area contributed by atoms with Gasteiger partial charge in [0.25, 0.3) is 5.56 Å². The summed E-state index contributed by atoms with van der Waals surface area (Å²) in [6.07, 6.45) is 4.30. The molecule has 0 fully saturated rings. The molecule has 2 N–H and O–H groups in total. The first-order chi connectivity index (χ1) is 13.0. The van der Waals surface area contributed by atoms with Crippen molar-refractivity contribution in [3.63, 3.8) is 0 Å². The molecule has 0 unspecified atom stereocenters. The van der Waals surface area contributed by atoms with Crippen LogP contribution in [0.25, 0.3) is 10.2 Å². The lowest BCUT2D eigenvalue weighted by atomic mass is 9.97. The number of H-pyrrole nitrogens is 1. The molecule has 0 spiro atoms. The van der Waals surface area contributed by atoms with E-state index in [0.29, 0.717) is 5.16 Å². The Morgan fingerprint density at radius 3 is 2.96 bits per heavy atom. The number of nitrogens with zero attached hydrogens (tertiary/aromatic N) is 1. The molecule has 1 atom stereocenters. The zero-order valence-electron chi connectivity index (χ0n) is 15.3. The average molecular weight is 400 g/mol. The quantitative estimate of drug-likeness (QED) is 0.507. The van der Waals surface area contributed by atoms with Crippen LogP contribution in [0.4, 0.5) is 5.69 Å². The Hall–Kier alpha value is -2.12. The van der Waals surface area contributed by atoms with E-state index in [-0.39, 0.29) is 16.7 Å². The summed E-state index contributed by atoms with van der Waals surface area (Å²) in [5, 5.41) is 3.79. The molecule has 0 aliphatic heterocycles. The molecule has 2 heterocycles. The molecule has 140 valence electrons. The second-order valence-corrected chi connectivity index (χ2v) is 9.29. The van der Waals surface area contributed by atoms with Crippen LogP contribution < -0.4 is 10.9 Å². The number of anilines is 1. The monoisotopic (exact) mass is 399 g/mol. The standard InChI is InChI=1S/C20H21N3O2S2/c1-11-6-5-7-13(10-11)21-17(24)12(2)26-20-22-18(25)16-14-8-3-4-9-15(14)27-19(16)23-20/h5-7,10,12H,3-4,8-9H2,1-2H3,(H,21,24)(H,22,23,25)/t12-/m1/s1. The summed E-state index contributed by atoms with van der Waals surface area (Å²) in [6.45, 7) is 3.80. The fourth-order valence-electron chi connectivity index (χ4n) is 3.39. The number of carbonyl (C=O) groups is 1. The van der Waals surface area contributed by atoms with Crippen LogP contribution in [-0.2, 0) is 17.6 Å². The summed E-state index contributed by atoms with van der Waals surface area (Å²) in [5.74, 6) is -0.112. The molecule has 0 radical (unpaired) electrons. The Kier molecular flexibility index (Phi) is 5.06. The zero-order valence-corrected chi connectivity index (χ0v) is 16.9. The van der Waals surface area contributed by atoms with Crippen molar-refractivity contribution in [2.75, 3.05) is 5.32 Å². The van der Waals surface area contributed by atoms with E-state index in [4.69, 9.17) is 0 Å². The molecule has 0 saturated carbocycles. The highest BCUT2D eigenvalue weighted by molar-refractivity contribution is 8.00. The van der Waals surface area contributed by atoms with Gasteiger partial charge in [-0.15, -0.1) is 11.3 Å². The summed E-state index contributed by atoms with van der Waals surface area (Å²) in [6, 6.07) is 7.69. The topological polar surface area (TPSA) is 74.8 Å². The largest absolute Gasteiger partial charge is 0.325 e. The lowest BCUT2D eigenvalue weighted by molar-refractivity contribution is -0.115. The first kappa shape index (κ1) is 18.3. The molecule has 2 aromatic heterocycles. The maximum absolute atomic E-state index is 12.6. The zero-order chi connectivity index (χ0) is 19.0. The van der Waals surface area contributed by atoms with Gasteiger partial charge in [0.05, 0.1) is 10.6 Å². The third-order valence-corrected chi connectivity index (χ3v) is 6.92. The minimum Gasteiger partial charge on any atom is -0.325 e. The second kappa shape index (κ2) is 7.48. The number of aromatic nitrogens is 2. The maximum Gasteiger partial charge on any atom is 0.260 e. The van der Waals surface area contributed by atoms with Crippen LogP contribution in [0.3, 0.4) is 0 Å². The normalized spacial score (nSPS) is 14.7. The van der Waals surface area contributed by atoms with Crippen LogP contribution in [0.15, 0.2) is 34.2 Å². The molecule has 0 saturated heterocycles. The number of hydrogen-bond acceptors (Lipinski definition) is 5. The third kappa shape index (κ3) is 3.80. The molecule has 1 aliphatic rings. The number of nitrogens with one attached hydrogen (secondary N) is 2. The third-order valence-electron chi connectivity index (χ3n) is 4.75. The van der Waals surface area contributed by atoms with E-state index in [2.05, 4.69) is 15.3 Å². The van der Waals surface area contributed by atoms with Crippen LogP contribution >= 0.6 is 23.1 Å². The van der Waals surface area contributed by atoms with Crippen molar-refractivity contribution in [2.45, 2.75) is 49.9 Å². The number of carbonyl (C=O) groups excluding carboxylic acids is 1. The Balaban J connectivity index is 1.54. The van der Waals surface area contributed by atoms with Gasteiger partial charge >= 0.3 is 0 Å². The van der Waals surface area contributed by atoms with Crippen molar-refractivity contribution < 1.29 is 4.79 Å². The van der Waals surface area contributed by atoms with Gasteiger partial charge in [-0.2, -0.15) is 0 Å². The van der Waals surface area contributed by atoms with Crippen LogP contribution in [0.5, 0.6) is 0 Å². The number of thiophene rings is 1. The lowest BCUT2D eigenvalue weighted by Crippen LogP contribution is -2.23. The molecule has 1 aliphatic carbocycles. The van der Waals surface area contributed by atoms with Gasteiger partial charge in [0.2, 0.25) is 5.91 Å². The molecule has 0 bridgehead atoms. The smallest absolute Gasteiger partial charge is 0.260 e. The minimum atomic E-state index is -0.374. The molecule has 5 nitrogen and oxygen atoms in total. The number of aryl methyl sites for hydroxylation is 3. The van der Waals surface area contributed by atoms with Gasteiger partial charge in [0, 0.05) is 10.6 Å². The van der Waals surface area contributed by atoms with Gasteiger partial charge in [0.1, 0.15) is 4.83 Å². The van der Waals surface area contributed by atoms with E-state index < -0.39 is 0 Å². The Morgan fingerprint density at radius 2 is 2.15 bits per heavy atom. The highest BCUT2D eigenvalue weighted by atomic mass is 32.2. The predicted molar refractivity (Wildman–Crippen MR) is 112 cm³/mol. The van der Waals surface area contributed by atoms with Crippen molar-refractivity contribution in [1.82, 2.24) is 9.97 Å². The van der Waals surface area contributed by atoms with Crippen molar-refractivity contribution in [1.29, 1.82) is 0 Å². The molecule has 27 heavy (non-hydrogen) atoms. The van der Waals surface area contributed by atoms with Gasteiger partial charge in [-0.05, 0) is 62.8 Å². The number of hydrogen-bond donors (Lipinski definition) is 2. The van der Waals surface area contributed by atoms with Gasteiger partial charge < -0.3 is 10.3 Å². The van der Waals surface area contributed by atoms with Crippen molar-refractivity contribution >= 4 is 44.9 Å². The molecular weight excluding hydrogens is 378 g/mol. The molecule has 3 aromatic rings. The summed E-state index contributed by atoms with van der Waals surface area (Å²) < 4.78 is 0. The Morgan fingerprint density at radius 1 is 1.33 bits per heavy atom. The molecular formula is C20H21N3O2S2. The molecule has 7 heteroatoms. The second-order valence-electron chi connectivity index (χ2n) is 6.88. The van der Waals surface area contributed by atoms with E-state index in [1.807, 2.05) is 38.1 Å². The number of benzene rings is 1.